The second-order valence-electron chi connectivity index (χ2n) is 9.57. The molecule has 35 heavy (non-hydrogen) atoms. The van der Waals surface area contributed by atoms with Gasteiger partial charge in [0.2, 0.25) is 5.91 Å². The van der Waals surface area contributed by atoms with Crippen molar-refractivity contribution in [3.63, 3.8) is 0 Å². The molecule has 3 atom stereocenters. The van der Waals surface area contributed by atoms with Crippen LogP contribution in [0.2, 0.25) is 0 Å². The highest BCUT2D eigenvalue weighted by Gasteiger charge is 2.36. The molecule has 1 aliphatic rings. The van der Waals surface area contributed by atoms with Gasteiger partial charge < -0.3 is 15.7 Å². The molecule has 1 unspecified atom stereocenters. The number of aliphatic hydroxyl groups is 1. The van der Waals surface area contributed by atoms with Gasteiger partial charge >= 0.3 is 0 Å². The van der Waals surface area contributed by atoms with Crippen molar-refractivity contribution >= 4 is 17.5 Å². The fraction of sp³-hybridized carbons (Fsp3) is 0.462. The summed E-state index contributed by atoms with van der Waals surface area (Å²) in [5.41, 5.74) is 4.97. The van der Waals surface area contributed by atoms with Crippen LogP contribution in [0.1, 0.15) is 61.0 Å². The number of aryl methyl sites for hydroxylation is 2. The fourth-order valence-electron chi connectivity index (χ4n) is 4.73. The van der Waals surface area contributed by atoms with Crippen LogP contribution in [0.15, 0.2) is 36.5 Å². The Morgan fingerprint density at radius 1 is 1.17 bits per heavy atom. The summed E-state index contributed by atoms with van der Waals surface area (Å²) in [5, 5.41) is 26.8. The molecule has 9 nitrogen and oxygen atoms in total. The lowest BCUT2D eigenvalue weighted by molar-refractivity contribution is -0.119. The number of carbonyl (C=O) groups is 2. The van der Waals surface area contributed by atoms with Crippen LogP contribution < -0.4 is 10.6 Å². The van der Waals surface area contributed by atoms with Crippen molar-refractivity contribution in [3.05, 3.63) is 53.6 Å². The molecule has 0 aliphatic heterocycles. The van der Waals surface area contributed by atoms with Crippen molar-refractivity contribution in [2.75, 3.05) is 11.9 Å². The van der Waals surface area contributed by atoms with Crippen LogP contribution in [0.3, 0.4) is 0 Å². The number of benzene rings is 1. The zero-order valence-corrected chi connectivity index (χ0v) is 20.7. The normalized spacial score (nSPS) is 16.3. The van der Waals surface area contributed by atoms with Crippen LogP contribution >= 0.6 is 0 Å². The average Bonchev–Trinajstić information content (AvgIpc) is 3.43. The van der Waals surface area contributed by atoms with Gasteiger partial charge in [-0.1, -0.05) is 38.3 Å². The maximum atomic E-state index is 13.4. The van der Waals surface area contributed by atoms with E-state index in [0.717, 1.165) is 41.8 Å². The molecule has 3 aromatic rings. The van der Waals surface area contributed by atoms with E-state index in [1.807, 2.05) is 45.0 Å². The second-order valence-corrected chi connectivity index (χ2v) is 9.57. The van der Waals surface area contributed by atoms with E-state index in [1.165, 1.54) is 10.9 Å². The molecule has 4 rings (SSSR count). The molecule has 186 valence electrons. The van der Waals surface area contributed by atoms with Crippen molar-refractivity contribution in [3.8, 4) is 11.1 Å². The van der Waals surface area contributed by atoms with E-state index >= 15 is 0 Å². The third kappa shape index (κ3) is 5.14. The predicted molar refractivity (Wildman–Crippen MR) is 134 cm³/mol. The predicted octanol–water partition coefficient (Wildman–Crippen LogP) is 3.62. The fourth-order valence-corrected chi connectivity index (χ4v) is 4.73. The van der Waals surface area contributed by atoms with Gasteiger partial charge in [0.15, 0.2) is 0 Å². The Morgan fingerprint density at radius 3 is 2.46 bits per heavy atom. The first-order valence-electron chi connectivity index (χ1n) is 12.2. The summed E-state index contributed by atoms with van der Waals surface area (Å²) in [5.74, 6) is -0.255. The van der Waals surface area contributed by atoms with E-state index < -0.39 is 6.04 Å². The third-order valence-corrected chi connectivity index (χ3v) is 7.14. The topological polar surface area (TPSA) is 125 Å². The number of hydrogen-bond acceptors (Lipinski definition) is 5. The summed E-state index contributed by atoms with van der Waals surface area (Å²) in [6.45, 7) is 7.60. The van der Waals surface area contributed by atoms with Crippen LogP contribution in [0.5, 0.6) is 0 Å². The van der Waals surface area contributed by atoms with Crippen molar-refractivity contribution < 1.29 is 14.7 Å². The van der Waals surface area contributed by atoms with Crippen molar-refractivity contribution in [2.24, 2.45) is 11.8 Å². The first-order valence-corrected chi connectivity index (χ1v) is 12.2. The van der Waals surface area contributed by atoms with E-state index in [-0.39, 0.29) is 30.4 Å². The summed E-state index contributed by atoms with van der Waals surface area (Å²) in [6, 6.07) is 8.20. The van der Waals surface area contributed by atoms with Crippen LogP contribution in [-0.4, -0.2) is 49.5 Å². The molecule has 2 amide bonds. The van der Waals surface area contributed by atoms with E-state index in [2.05, 4.69) is 25.9 Å². The van der Waals surface area contributed by atoms with Gasteiger partial charge in [0.1, 0.15) is 11.7 Å². The number of aromatic nitrogens is 4. The van der Waals surface area contributed by atoms with Gasteiger partial charge in [-0.2, -0.15) is 10.2 Å². The summed E-state index contributed by atoms with van der Waals surface area (Å²) in [6.07, 6.45) is 4.78. The molecule has 0 radical (unpaired) electrons. The molecule has 2 aromatic heterocycles. The molecular formula is C26H34N6O3. The molecule has 4 N–H and O–H groups in total. The molecule has 1 aromatic carbocycles. The summed E-state index contributed by atoms with van der Waals surface area (Å²) in [7, 11) is 0. The Balaban J connectivity index is 1.51. The summed E-state index contributed by atoms with van der Waals surface area (Å²) in [4.78, 5) is 26.5. The minimum atomic E-state index is -0.696. The van der Waals surface area contributed by atoms with Crippen molar-refractivity contribution in [1.82, 2.24) is 25.3 Å². The van der Waals surface area contributed by atoms with Crippen LogP contribution in [0, 0.1) is 25.7 Å². The van der Waals surface area contributed by atoms with Gasteiger partial charge in [-0.25, -0.2) is 0 Å². The number of aromatic amines is 1. The lowest BCUT2D eigenvalue weighted by Crippen LogP contribution is -2.51. The minimum Gasteiger partial charge on any atom is -0.394 e. The Kier molecular flexibility index (Phi) is 7.35. The molecule has 0 saturated heterocycles. The number of hydrogen-bond donors (Lipinski definition) is 4. The first kappa shape index (κ1) is 24.7. The monoisotopic (exact) mass is 478 g/mol. The first-order chi connectivity index (χ1) is 16.8. The number of aliphatic hydroxyl groups excluding tert-OH is 1. The Hall–Kier alpha value is -3.46. The van der Waals surface area contributed by atoms with Crippen LogP contribution in [0.25, 0.3) is 11.1 Å². The molecule has 2 heterocycles. The van der Waals surface area contributed by atoms with E-state index in [0.29, 0.717) is 17.3 Å². The Labute approximate surface area is 205 Å². The van der Waals surface area contributed by atoms with E-state index in [4.69, 9.17) is 0 Å². The van der Waals surface area contributed by atoms with E-state index in [1.54, 1.807) is 13.0 Å². The standard InChI is InChI=1S/C26H34N6O3/c1-15(14-33)32-22(12-13-27-32)25(34)29-24(16(2)19-6-5-7-19)26(35)28-21-10-8-20(9-11-21)23-17(3)30-31-18(23)4/h8-13,15-16,19,24,33H,5-7,14H2,1-4H3,(H,28,35)(H,29,34)(H,30,31)/t15-,16?,24+/m1/s1. The zero-order chi connectivity index (χ0) is 25.1. The smallest absolute Gasteiger partial charge is 0.270 e. The molecule has 9 heteroatoms. The molecule has 0 spiro atoms. The van der Waals surface area contributed by atoms with Gasteiger partial charge in [-0.05, 0) is 56.4 Å². The highest BCUT2D eigenvalue weighted by molar-refractivity contribution is 6.00. The molecule has 1 saturated carbocycles. The highest BCUT2D eigenvalue weighted by Crippen LogP contribution is 2.35. The Morgan fingerprint density at radius 2 is 1.89 bits per heavy atom. The van der Waals surface area contributed by atoms with Gasteiger partial charge in [0, 0.05) is 23.1 Å². The number of amides is 2. The number of rotatable bonds is 9. The largest absolute Gasteiger partial charge is 0.394 e. The number of nitrogens with one attached hydrogen (secondary N) is 3. The maximum absolute atomic E-state index is 13.4. The number of nitrogens with zero attached hydrogens (tertiary/aromatic N) is 3. The van der Waals surface area contributed by atoms with Crippen molar-refractivity contribution in [1.29, 1.82) is 0 Å². The van der Waals surface area contributed by atoms with Crippen molar-refractivity contribution in [2.45, 2.75) is 59.0 Å². The number of carbonyl (C=O) groups excluding carboxylic acids is 2. The summed E-state index contributed by atoms with van der Waals surface area (Å²) >= 11 is 0. The number of H-pyrrole nitrogens is 1. The average molecular weight is 479 g/mol. The van der Waals surface area contributed by atoms with Crippen LogP contribution in [0.4, 0.5) is 5.69 Å². The highest BCUT2D eigenvalue weighted by atomic mass is 16.3. The molecule has 1 fully saturated rings. The number of anilines is 1. The second kappa shape index (κ2) is 10.4. The quantitative estimate of drug-likeness (QED) is 0.374. The third-order valence-electron chi connectivity index (χ3n) is 7.14. The zero-order valence-electron chi connectivity index (χ0n) is 20.7. The molecular weight excluding hydrogens is 444 g/mol. The minimum absolute atomic E-state index is 0.0187. The molecule has 1 aliphatic carbocycles. The Bertz CT molecular complexity index is 1160. The van der Waals surface area contributed by atoms with Crippen LogP contribution in [-0.2, 0) is 4.79 Å². The maximum Gasteiger partial charge on any atom is 0.270 e. The molecule has 0 bridgehead atoms. The lowest BCUT2D eigenvalue weighted by atomic mass is 9.73. The van der Waals surface area contributed by atoms with Gasteiger partial charge in [-0.3, -0.25) is 19.4 Å². The van der Waals surface area contributed by atoms with E-state index in [9.17, 15) is 14.7 Å². The van der Waals surface area contributed by atoms with Gasteiger partial charge in [0.05, 0.1) is 18.3 Å². The lowest BCUT2D eigenvalue weighted by Gasteiger charge is -2.36. The van der Waals surface area contributed by atoms with Gasteiger partial charge in [0.25, 0.3) is 5.91 Å². The summed E-state index contributed by atoms with van der Waals surface area (Å²) < 4.78 is 1.48. The van der Waals surface area contributed by atoms with Gasteiger partial charge in [-0.15, -0.1) is 0 Å². The SMILES string of the molecule is Cc1n[nH]c(C)c1-c1ccc(NC(=O)[C@@H](NC(=O)c2ccnn2[C@H](C)CO)C(C)C2CCC2)cc1.